The van der Waals surface area contributed by atoms with Gasteiger partial charge in [0.05, 0.1) is 18.5 Å². The van der Waals surface area contributed by atoms with Gasteiger partial charge in [0.2, 0.25) is 0 Å². The van der Waals surface area contributed by atoms with E-state index in [-0.39, 0.29) is 0 Å². The van der Waals surface area contributed by atoms with Gasteiger partial charge in [-0.05, 0) is 31.8 Å². The second-order valence-corrected chi connectivity index (χ2v) is 4.52. The molecule has 0 amide bonds. The van der Waals surface area contributed by atoms with Crippen LogP contribution < -0.4 is 5.32 Å². The van der Waals surface area contributed by atoms with Gasteiger partial charge in [-0.2, -0.15) is 0 Å². The molecular formula is C15H21N3O. The van der Waals surface area contributed by atoms with Crippen LogP contribution in [0.2, 0.25) is 0 Å². The maximum Gasteiger partial charge on any atom is 0.122 e. The van der Waals surface area contributed by atoms with Crippen LogP contribution in [0.3, 0.4) is 0 Å². The van der Waals surface area contributed by atoms with E-state index in [1.807, 2.05) is 31.4 Å². The molecule has 19 heavy (non-hydrogen) atoms. The number of pyridine rings is 1. The molecule has 102 valence electrons. The minimum atomic E-state index is 0.767. The molecule has 0 saturated heterocycles. The van der Waals surface area contributed by atoms with Crippen molar-refractivity contribution in [3.05, 3.63) is 53.7 Å². The lowest BCUT2D eigenvalue weighted by Gasteiger charge is -2.19. The average molecular weight is 259 g/mol. The lowest BCUT2D eigenvalue weighted by Crippen LogP contribution is -2.23. The second kappa shape index (κ2) is 7.07. The van der Waals surface area contributed by atoms with Crippen molar-refractivity contribution in [1.82, 2.24) is 15.2 Å². The summed E-state index contributed by atoms with van der Waals surface area (Å²) in [5, 5.41) is 3.13. The van der Waals surface area contributed by atoms with Gasteiger partial charge < -0.3 is 9.73 Å². The second-order valence-electron chi connectivity index (χ2n) is 4.52. The summed E-state index contributed by atoms with van der Waals surface area (Å²) in [6.45, 7) is 5.67. The molecule has 2 aromatic rings. The first-order chi connectivity index (χ1) is 9.33. The fourth-order valence-corrected chi connectivity index (χ4v) is 2.06. The largest absolute Gasteiger partial charge is 0.468 e. The van der Waals surface area contributed by atoms with Crippen LogP contribution in [0, 0.1) is 0 Å². The molecule has 2 rings (SSSR count). The highest BCUT2D eigenvalue weighted by Gasteiger charge is 2.10. The Morgan fingerprint density at radius 2 is 2.16 bits per heavy atom. The number of rotatable bonds is 7. The first-order valence-corrected chi connectivity index (χ1v) is 6.65. The van der Waals surface area contributed by atoms with Gasteiger partial charge in [0, 0.05) is 24.8 Å². The standard InChI is InChI=1S/C15H21N3O/c1-3-18(12-14-6-4-5-8-17-14)11-13-7-9-19-15(13)10-16-2/h4-9,16H,3,10-12H2,1-2H3. The van der Waals surface area contributed by atoms with Crippen LogP contribution in [0.4, 0.5) is 0 Å². The van der Waals surface area contributed by atoms with E-state index in [1.165, 1.54) is 5.56 Å². The summed E-state index contributed by atoms with van der Waals surface area (Å²) >= 11 is 0. The molecule has 0 aromatic carbocycles. The molecule has 0 aliphatic rings. The molecule has 0 spiro atoms. The topological polar surface area (TPSA) is 41.3 Å². The van der Waals surface area contributed by atoms with E-state index in [4.69, 9.17) is 4.42 Å². The SMILES string of the molecule is CCN(Cc1ccccn1)Cc1ccoc1CNC. The fourth-order valence-electron chi connectivity index (χ4n) is 2.06. The average Bonchev–Trinajstić information content (AvgIpc) is 2.87. The molecule has 0 aliphatic carbocycles. The molecule has 4 nitrogen and oxygen atoms in total. The monoisotopic (exact) mass is 259 g/mol. The fraction of sp³-hybridized carbons (Fsp3) is 0.400. The lowest BCUT2D eigenvalue weighted by molar-refractivity contribution is 0.265. The van der Waals surface area contributed by atoms with Gasteiger partial charge in [0.25, 0.3) is 0 Å². The smallest absolute Gasteiger partial charge is 0.122 e. The van der Waals surface area contributed by atoms with E-state index >= 15 is 0 Å². The highest BCUT2D eigenvalue weighted by molar-refractivity contribution is 5.17. The van der Waals surface area contributed by atoms with Crippen molar-refractivity contribution < 1.29 is 4.42 Å². The van der Waals surface area contributed by atoms with E-state index < -0.39 is 0 Å². The van der Waals surface area contributed by atoms with Gasteiger partial charge in [0.15, 0.2) is 0 Å². The molecule has 4 heteroatoms. The number of hydrogen-bond donors (Lipinski definition) is 1. The van der Waals surface area contributed by atoms with E-state index in [1.54, 1.807) is 6.26 Å². The first-order valence-electron chi connectivity index (χ1n) is 6.65. The van der Waals surface area contributed by atoms with E-state index in [0.717, 1.165) is 37.6 Å². The van der Waals surface area contributed by atoms with Crippen molar-refractivity contribution in [2.45, 2.75) is 26.6 Å². The Labute approximate surface area is 114 Å². The quantitative estimate of drug-likeness (QED) is 0.829. The molecule has 2 aromatic heterocycles. The predicted octanol–water partition coefficient (Wildman–Crippen LogP) is 2.42. The van der Waals surface area contributed by atoms with E-state index in [2.05, 4.69) is 28.2 Å². The summed E-state index contributed by atoms with van der Waals surface area (Å²) in [5.74, 6) is 1.02. The molecule has 0 aliphatic heterocycles. The molecule has 2 heterocycles. The third-order valence-corrected chi connectivity index (χ3v) is 3.13. The van der Waals surface area contributed by atoms with Crippen molar-refractivity contribution in [2.24, 2.45) is 0 Å². The molecule has 0 fully saturated rings. The Morgan fingerprint density at radius 1 is 1.26 bits per heavy atom. The maximum atomic E-state index is 5.50. The maximum absolute atomic E-state index is 5.50. The zero-order valence-corrected chi connectivity index (χ0v) is 11.6. The number of nitrogens with one attached hydrogen (secondary N) is 1. The molecule has 1 N–H and O–H groups in total. The minimum Gasteiger partial charge on any atom is -0.468 e. The number of furan rings is 1. The van der Waals surface area contributed by atoms with Gasteiger partial charge in [-0.15, -0.1) is 0 Å². The predicted molar refractivity (Wildman–Crippen MR) is 75.5 cm³/mol. The van der Waals surface area contributed by atoms with Gasteiger partial charge in [-0.25, -0.2) is 0 Å². The van der Waals surface area contributed by atoms with Crippen LogP contribution in [0.25, 0.3) is 0 Å². The third-order valence-electron chi connectivity index (χ3n) is 3.13. The Hall–Kier alpha value is -1.65. The Kier molecular flexibility index (Phi) is 5.12. The van der Waals surface area contributed by atoms with Crippen LogP contribution in [0.1, 0.15) is 23.9 Å². The van der Waals surface area contributed by atoms with Crippen LogP contribution in [-0.4, -0.2) is 23.5 Å². The molecule has 0 atom stereocenters. The lowest BCUT2D eigenvalue weighted by atomic mass is 10.2. The summed E-state index contributed by atoms with van der Waals surface area (Å²) in [6, 6.07) is 8.08. The highest BCUT2D eigenvalue weighted by Crippen LogP contribution is 2.14. The van der Waals surface area contributed by atoms with Crippen molar-refractivity contribution in [1.29, 1.82) is 0 Å². The summed E-state index contributed by atoms with van der Waals surface area (Å²) in [5.41, 5.74) is 2.34. The van der Waals surface area contributed by atoms with Crippen LogP contribution in [-0.2, 0) is 19.6 Å². The van der Waals surface area contributed by atoms with Crippen LogP contribution in [0.5, 0.6) is 0 Å². The first kappa shape index (κ1) is 13.8. The van der Waals surface area contributed by atoms with Crippen molar-refractivity contribution in [3.8, 4) is 0 Å². The molecule has 0 unspecified atom stereocenters. The molecule has 0 saturated carbocycles. The van der Waals surface area contributed by atoms with Crippen molar-refractivity contribution in [3.63, 3.8) is 0 Å². The highest BCUT2D eigenvalue weighted by atomic mass is 16.3. The van der Waals surface area contributed by atoms with Crippen molar-refractivity contribution in [2.75, 3.05) is 13.6 Å². The Morgan fingerprint density at radius 3 is 2.84 bits per heavy atom. The zero-order valence-electron chi connectivity index (χ0n) is 11.6. The van der Waals surface area contributed by atoms with Crippen LogP contribution >= 0.6 is 0 Å². The van der Waals surface area contributed by atoms with E-state index in [9.17, 15) is 0 Å². The number of aromatic nitrogens is 1. The normalized spacial score (nSPS) is 11.1. The summed E-state index contributed by atoms with van der Waals surface area (Å²) in [6.07, 6.45) is 3.60. The molecular weight excluding hydrogens is 238 g/mol. The third kappa shape index (κ3) is 3.91. The van der Waals surface area contributed by atoms with Gasteiger partial charge >= 0.3 is 0 Å². The Bertz CT molecular complexity index is 481. The number of nitrogens with zero attached hydrogens (tertiary/aromatic N) is 2. The summed E-state index contributed by atoms with van der Waals surface area (Å²) in [7, 11) is 1.93. The van der Waals surface area contributed by atoms with Gasteiger partial charge in [-0.3, -0.25) is 9.88 Å². The summed E-state index contributed by atoms with van der Waals surface area (Å²) in [4.78, 5) is 6.73. The summed E-state index contributed by atoms with van der Waals surface area (Å²) < 4.78 is 5.50. The van der Waals surface area contributed by atoms with E-state index in [0.29, 0.717) is 0 Å². The van der Waals surface area contributed by atoms with Gasteiger partial charge in [-0.1, -0.05) is 13.0 Å². The molecule has 0 radical (unpaired) electrons. The van der Waals surface area contributed by atoms with Crippen LogP contribution in [0.15, 0.2) is 41.1 Å². The minimum absolute atomic E-state index is 0.767. The zero-order chi connectivity index (χ0) is 13.5. The molecule has 0 bridgehead atoms. The number of hydrogen-bond acceptors (Lipinski definition) is 4. The van der Waals surface area contributed by atoms with Gasteiger partial charge in [0.1, 0.15) is 5.76 Å². The Balaban J connectivity index is 2.00. The van der Waals surface area contributed by atoms with Crippen molar-refractivity contribution >= 4 is 0 Å².